The van der Waals surface area contributed by atoms with Gasteiger partial charge in [-0.3, -0.25) is 13.9 Å². The van der Waals surface area contributed by atoms with Crippen LogP contribution >= 0.6 is 0 Å². The van der Waals surface area contributed by atoms with E-state index in [9.17, 15) is 22.0 Å². The highest BCUT2D eigenvalue weighted by atomic mass is 32.2. The Bertz CT molecular complexity index is 1410. The van der Waals surface area contributed by atoms with Gasteiger partial charge in [-0.15, -0.1) is 0 Å². The molecule has 1 heterocycles. The van der Waals surface area contributed by atoms with Crippen molar-refractivity contribution in [1.29, 1.82) is 0 Å². The molecular weight excluding hydrogens is 454 g/mol. The van der Waals surface area contributed by atoms with E-state index in [0.717, 1.165) is 6.07 Å². The molecule has 33 heavy (non-hydrogen) atoms. The zero-order valence-corrected chi connectivity index (χ0v) is 18.3. The molecule has 7 nitrogen and oxygen atoms in total. The summed E-state index contributed by atoms with van der Waals surface area (Å²) in [6.07, 6.45) is 2.22. The van der Waals surface area contributed by atoms with E-state index in [1.807, 2.05) is 6.07 Å². The van der Waals surface area contributed by atoms with E-state index in [4.69, 9.17) is 9.29 Å². The van der Waals surface area contributed by atoms with Crippen molar-refractivity contribution in [3.05, 3.63) is 95.0 Å². The molecule has 1 N–H and O–H groups in total. The Hall–Kier alpha value is -3.63. The van der Waals surface area contributed by atoms with Crippen molar-refractivity contribution in [1.82, 2.24) is 9.55 Å². The van der Waals surface area contributed by atoms with Crippen LogP contribution in [0, 0.1) is 11.6 Å². The maximum Gasteiger partial charge on any atom is 0.261 e. The minimum Gasteiger partial charge on any atom is -0.492 e. The fourth-order valence-corrected chi connectivity index (χ4v) is 2.98. The first-order valence-corrected chi connectivity index (χ1v) is 11.5. The third-order valence-electron chi connectivity index (χ3n) is 4.43. The molecule has 0 spiro atoms. The summed E-state index contributed by atoms with van der Waals surface area (Å²) in [7, 11) is -3.67. The molecule has 0 fully saturated rings. The third kappa shape index (κ3) is 6.93. The summed E-state index contributed by atoms with van der Waals surface area (Å²) in [5, 5.41) is 0.565. The Morgan fingerprint density at radius 3 is 2.36 bits per heavy atom. The molecule has 4 aromatic rings. The summed E-state index contributed by atoms with van der Waals surface area (Å²) in [5.74, 6) is -0.635. The Labute approximate surface area is 188 Å². The van der Waals surface area contributed by atoms with E-state index in [-0.39, 0.29) is 12.2 Å². The molecular formula is C23H20F2N2O5S. The third-order valence-corrected chi connectivity index (χ3v) is 4.43. The van der Waals surface area contributed by atoms with Crippen molar-refractivity contribution < 1.29 is 26.5 Å². The molecule has 0 aliphatic rings. The standard InChI is InChI=1S/C22H16F2N2O2.CH4O3S/c23-16-7-10-18(20(24)13-16)15-5-8-17(9-6-15)28-12-11-26-14-25-21-4-2-1-3-19(21)22(26)27;1-5(2,3)4/h1-10,13-14H,11-12H2;1H3,(H,2,3,4). The van der Waals surface area contributed by atoms with Crippen LogP contribution in [0.15, 0.2) is 77.9 Å². The van der Waals surface area contributed by atoms with Gasteiger partial charge in [-0.05, 0) is 42.0 Å². The number of para-hydroxylation sites is 1. The van der Waals surface area contributed by atoms with Crippen molar-refractivity contribution in [3.63, 3.8) is 0 Å². The van der Waals surface area contributed by atoms with Gasteiger partial charge < -0.3 is 4.74 Å². The lowest BCUT2D eigenvalue weighted by Gasteiger charge is -2.10. The van der Waals surface area contributed by atoms with Gasteiger partial charge in [-0.25, -0.2) is 13.8 Å². The lowest BCUT2D eigenvalue weighted by atomic mass is 10.1. The highest BCUT2D eigenvalue weighted by Crippen LogP contribution is 2.25. The number of benzene rings is 3. The van der Waals surface area contributed by atoms with Gasteiger partial charge in [-0.1, -0.05) is 24.3 Å². The fourth-order valence-electron chi connectivity index (χ4n) is 2.98. The first kappa shape index (κ1) is 24.0. The van der Waals surface area contributed by atoms with Crippen molar-refractivity contribution in [2.75, 3.05) is 12.9 Å². The monoisotopic (exact) mass is 474 g/mol. The normalized spacial score (nSPS) is 11.0. The van der Waals surface area contributed by atoms with Gasteiger partial charge in [0, 0.05) is 11.6 Å². The molecule has 0 saturated carbocycles. The lowest BCUT2D eigenvalue weighted by Crippen LogP contribution is -2.23. The second-order valence-corrected chi connectivity index (χ2v) is 8.46. The Morgan fingerprint density at radius 2 is 1.70 bits per heavy atom. The maximum absolute atomic E-state index is 13.9. The summed E-state index contributed by atoms with van der Waals surface area (Å²) in [6.45, 7) is 0.634. The Kier molecular flexibility index (Phi) is 7.52. The molecule has 10 heteroatoms. The van der Waals surface area contributed by atoms with E-state index in [0.29, 0.717) is 40.6 Å². The van der Waals surface area contributed by atoms with Gasteiger partial charge in [0.25, 0.3) is 15.7 Å². The van der Waals surface area contributed by atoms with Crippen LogP contribution in [0.3, 0.4) is 0 Å². The summed E-state index contributed by atoms with van der Waals surface area (Å²) in [5.41, 5.74) is 1.49. The van der Waals surface area contributed by atoms with E-state index in [1.165, 1.54) is 23.0 Å². The summed E-state index contributed by atoms with van der Waals surface area (Å²) < 4.78 is 59.9. The van der Waals surface area contributed by atoms with Crippen LogP contribution in [-0.2, 0) is 16.7 Å². The van der Waals surface area contributed by atoms with Crippen molar-refractivity contribution in [2.24, 2.45) is 0 Å². The van der Waals surface area contributed by atoms with Crippen LogP contribution in [0.25, 0.3) is 22.0 Å². The average Bonchev–Trinajstić information content (AvgIpc) is 2.75. The first-order chi connectivity index (χ1) is 15.6. The molecule has 3 aromatic carbocycles. The van der Waals surface area contributed by atoms with E-state index in [1.54, 1.807) is 42.5 Å². The van der Waals surface area contributed by atoms with Gasteiger partial charge in [0.1, 0.15) is 24.0 Å². The fraction of sp³-hybridized carbons (Fsp3) is 0.130. The predicted octanol–water partition coefficient (Wildman–Crippen LogP) is 3.92. The topological polar surface area (TPSA) is 98.5 Å². The number of fused-ring (bicyclic) bond motifs is 1. The predicted molar refractivity (Wildman–Crippen MR) is 121 cm³/mol. The van der Waals surface area contributed by atoms with E-state index >= 15 is 0 Å². The lowest BCUT2D eigenvalue weighted by molar-refractivity contribution is 0.296. The molecule has 0 aliphatic carbocycles. The van der Waals surface area contributed by atoms with Gasteiger partial charge >= 0.3 is 0 Å². The molecule has 0 atom stereocenters. The van der Waals surface area contributed by atoms with Gasteiger partial charge in [0.15, 0.2) is 0 Å². The van der Waals surface area contributed by atoms with Crippen LogP contribution in [0.4, 0.5) is 8.78 Å². The largest absolute Gasteiger partial charge is 0.492 e. The van der Waals surface area contributed by atoms with Crippen LogP contribution in [0.2, 0.25) is 0 Å². The molecule has 0 unspecified atom stereocenters. The summed E-state index contributed by atoms with van der Waals surface area (Å²) in [6, 6.07) is 17.5. The highest BCUT2D eigenvalue weighted by Gasteiger charge is 2.07. The van der Waals surface area contributed by atoms with E-state index in [2.05, 4.69) is 4.98 Å². The Morgan fingerprint density at radius 1 is 1.03 bits per heavy atom. The van der Waals surface area contributed by atoms with Crippen molar-refractivity contribution in [3.8, 4) is 16.9 Å². The SMILES string of the molecule is CS(=O)(=O)O.O=c1c2ccccc2ncn1CCOc1ccc(-c2ccc(F)cc2F)cc1. The number of hydrogen-bond donors (Lipinski definition) is 1. The average molecular weight is 474 g/mol. The second kappa shape index (κ2) is 10.3. The maximum atomic E-state index is 13.9. The first-order valence-electron chi connectivity index (χ1n) is 9.67. The minimum atomic E-state index is -3.67. The summed E-state index contributed by atoms with van der Waals surface area (Å²) in [4.78, 5) is 16.7. The van der Waals surface area contributed by atoms with E-state index < -0.39 is 21.8 Å². The van der Waals surface area contributed by atoms with Gasteiger partial charge in [-0.2, -0.15) is 8.42 Å². The second-order valence-electron chi connectivity index (χ2n) is 6.99. The molecule has 172 valence electrons. The number of rotatable bonds is 5. The number of ether oxygens (including phenoxy) is 1. The highest BCUT2D eigenvalue weighted by molar-refractivity contribution is 7.85. The molecule has 4 rings (SSSR count). The number of halogens is 2. The van der Waals surface area contributed by atoms with Gasteiger partial charge in [0.2, 0.25) is 0 Å². The van der Waals surface area contributed by atoms with Crippen LogP contribution < -0.4 is 10.3 Å². The smallest absolute Gasteiger partial charge is 0.261 e. The molecule has 1 aromatic heterocycles. The van der Waals surface area contributed by atoms with Crippen LogP contribution in [0.5, 0.6) is 5.75 Å². The zero-order chi connectivity index (χ0) is 24.0. The molecule has 0 radical (unpaired) electrons. The molecule has 0 bridgehead atoms. The van der Waals surface area contributed by atoms with Crippen LogP contribution in [-0.4, -0.2) is 35.4 Å². The van der Waals surface area contributed by atoms with Gasteiger partial charge in [0.05, 0.1) is 30.0 Å². The molecule has 0 amide bonds. The quantitative estimate of drug-likeness (QED) is 0.440. The number of aromatic nitrogens is 2. The zero-order valence-electron chi connectivity index (χ0n) is 17.5. The van der Waals surface area contributed by atoms with Crippen molar-refractivity contribution in [2.45, 2.75) is 6.54 Å². The van der Waals surface area contributed by atoms with Crippen molar-refractivity contribution >= 4 is 21.0 Å². The molecule has 0 aliphatic heterocycles. The number of hydrogen-bond acceptors (Lipinski definition) is 5. The molecule has 0 saturated heterocycles. The number of nitrogens with zero attached hydrogens (tertiary/aromatic N) is 2. The minimum absolute atomic E-state index is 0.115. The Balaban J connectivity index is 0.000000555. The summed E-state index contributed by atoms with van der Waals surface area (Å²) >= 11 is 0. The van der Waals surface area contributed by atoms with Crippen LogP contribution in [0.1, 0.15) is 0 Å².